The van der Waals surface area contributed by atoms with E-state index >= 15 is 0 Å². The SMILES string of the molecule is CNCc1cc2c(cc1C=O)C(=O)N(C)C2. The van der Waals surface area contributed by atoms with Crippen LogP contribution in [-0.4, -0.2) is 31.2 Å². The predicted octanol–water partition coefficient (Wildman–Crippen LogP) is 0.804. The number of carbonyl (C=O) groups excluding carboxylic acids is 2. The van der Waals surface area contributed by atoms with Gasteiger partial charge in [-0.2, -0.15) is 0 Å². The number of hydrogen-bond donors (Lipinski definition) is 1. The van der Waals surface area contributed by atoms with Crippen molar-refractivity contribution in [2.24, 2.45) is 0 Å². The maximum atomic E-state index is 11.7. The molecule has 0 aromatic heterocycles. The van der Waals surface area contributed by atoms with E-state index in [0.29, 0.717) is 24.2 Å². The van der Waals surface area contributed by atoms with E-state index in [1.807, 2.05) is 13.1 Å². The van der Waals surface area contributed by atoms with Crippen molar-refractivity contribution < 1.29 is 9.59 Å². The molecule has 0 atom stereocenters. The van der Waals surface area contributed by atoms with Crippen LogP contribution in [0.5, 0.6) is 0 Å². The zero-order valence-corrected chi connectivity index (χ0v) is 9.41. The maximum absolute atomic E-state index is 11.7. The van der Waals surface area contributed by atoms with E-state index in [0.717, 1.165) is 17.4 Å². The van der Waals surface area contributed by atoms with Gasteiger partial charge in [0.25, 0.3) is 5.91 Å². The highest BCUT2D eigenvalue weighted by Gasteiger charge is 2.25. The molecule has 0 aliphatic carbocycles. The molecule has 1 aromatic rings. The van der Waals surface area contributed by atoms with E-state index < -0.39 is 0 Å². The van der Waals surface area contributed by atoms with Crippen molar-refractivity contribution in [3.8, 4) is 0 Å². The quantitative estimate of drug-likeness (QED) is 0.764. The molecule has 84 valence electrons. The summed E-state index contributed by atoms with van der Waals surface area (Å²) in [5.74, 6) is -0.00546. The molecule has 0 fully saturated rings. The van der Waals surface area contributed by atoms with Crippen LogP contribution in [0.15, 0.2) is 12.1 Å². The van der Waals surface area contributed by atoms with Crippen LogP contribution in [0.25, 0.3) is 0 Å². The van der Waals surface area contributed by atoms with Gasteiger partial charge in [0.2, 0.25) is 0 Å². The average molecular weight is 218 g/mol. The lowest BCUT2D eigenvalue weighted by Crippen LogP contribution is -2.17. The molecule has 16 heavy (non-hydrogen) atoms. The smallest absolute Gasteiger partial charge is 0.254 e. The van der Waals surface area contributed by atoms with Crippen LogP contribution in [0, 0.1) is 0 Å². The normalized spacial score (nSPS) is 14.1. The third-order valence-corrected chi connectivity index (χ3v) is 2.84. The predicted molar refractivity (Wildman–Crippen MR) is 60.4 cm³/mol. The fraction of sp³-hybridized carbons (Fsp3) is 0.333. The highest BCUT2D eigenvalue weighted by molar-refractivity contribution is 5.99. The van der Waals surface area contributed by atoms with Gasteiger partial charge in [-0.15, -0.1) is 0 Å². The number of nitrogens with one attached hydrogen (secondary N) is 1. The summed E-state index contributed by atoms with van der Waals surface area (Å²) in [4.78, 5) is 24.3. The summed E-state index contributed by atoms with van der Waals surface area (Å²) in [6, 6.07) is 3.64. The molecule has 0 radical (unpaired) electrons. The standard InChI is InChI=1S/C12H14N2O2/c1-13-5-8-3-9-6-14(2)12(16)11(9)4-10(8)7-15/h3-4,7,13H,5-6H2,1-2H3. The van der Waals surface area contributed by atoms with Crippen molar-refractivity contribution in [2.75, 3.05) is 14.1 Å². The molecule has 0 saturated carbocycles. The fourth-order valence-corrected chi connectivity index (χ4v) is 2.03. The maximum Gasteiger partial charge on any atom is 0.254 e. The van der Waals surface area contributed by atoms with Crippen molar-refractivity contribution in [3.63, 3.8) is 0 Å². The van der Waals surface area contributed by atoms with Crippen molar-refractivity contribution in [1.82, 2.24) is 10.2 Å². The summed E-state index contributed by atoms with van der Waals surface area (Å²) in [5.41, 5.74) is 3.20. The van der Waals surface area contributed by atoms with Crippen molar-refractivity contribution in [2.45, 2.75) is 13.1 Å². The largest absolute Gasteiger partial charge is 0.337 e. The van der Waals surface area contributed by atoms with E-state index in [1.54, 1.807) is 18.0 Å². The van der Waals surface area contributed by atoms with Crippen LogP contribution >= 0.6 is 0 Å². The van der Waals surface area contributed by atoms with Crippen LogP contribution in [0.1, 0.15) is 31.8 Å². The molecule has 4 nitrogen and oxygen atoms in total. The summed E-state index contributed by atoms with van der Waals surface area (Å²) >= 11 is 0. The molecule has 0 unspecified atom stereocenters. The molecule has 0 bridgehead atoms. The molecular weight excluding hydrogens is 204 g/mol. The van der Waals surface area contributed by atoms with Gasteiger partial charge < -0.3 is 10.2 Å². The molecule has 4 heteroatoms. The van der Waals surface area contributed by atoms with Gasteiger partial charge >= 0.3 is 0 Å². The summed E-state index contributed by atoms with van der Waals surface area (Å²) < 4.78 is 0. The Kier molecular flexibility index (Phi) is 2.75. The lowest BCUT2D eigenvalue weighted by Gasteiger charge is -2.06. The van der Waals surface area contributed by atoms with Crippen LogP contribution in [0.4, 0.5) is 0 Å². The van der Waals surface area contributed by atoms with Gasteiger partial charge in [0.05, 0.1) is 0 Å². The van der Waals surface area contributed by atoms with Crippen LogP contribution in [0.3, 0.4) is 0 Å². The second-order valence-electron chi connectivity index (χ2n) is 4.02. The second-order valence-corrected chi connectivity index (χ2v) is 4.02. The first kappa shape index (κ1) is 10.8. The first-order chi connectivity index (χ1) is 7.67. The number of carbonyl (C=O) groups is 2. The van der Waals surface area contributed by atoms with Crippen LogP contribution < -0.4 is 5.32 Å². The zero-order valence-electron chi connectivity index (χ0n) is 9.41. The number of hydrogen-bond acceptors (Lipinski definition) is 3. The van der Waals surface area contributed by atoms with Gasteiger partial charge in [-0.3, -0.25) is 9.59 Å². The Morgan fingerprint density at radius 3 is 2.88 bits per heavy atom. The lowest BCUT2D eigenvalue weighted by molar-refractivity contribution is 0.0816. The van der Waals surface area contributed by atoms with E-state index in [9.17, 15) is 9.59 Å². The molecule has 0 saturated heterocycles. The van der Waals surface area contributed by atoms with Gasteiger partial charge in [0.1, 0.15) is 6.29 Å². The first-order valence-electron chi connectivity index (χ1n) is 5.18. The topological polar surface area (TPSA) is 49.4 Å². The van der Waals surface area contributed by atoms with Crippen LogP contribution in [-0.2, 0) is 13.1 Å². The highest BCUT2D eigenvalue weighted by Crippen LogP contribution is 2.24. The molecular formula is C12H14N2O2. The van der Waals surface area contributed by atoms with Crippen LogP contribution in [0.2, 0.25) is 0 Å². The number of fused-ring (bicyclic) bond motifs is 1. The minimum Gasteiger partial charge on any atom is -0.337 e. The van der Waals surface area contributed by atoms with Gasteiger partial charge in [-0.1, -0.05) is 6.07 Å². The zero-order chi connectivity index (χ0) is 11.7. The Hall–Kier alpha value is -1.68. The molecule has 1 N–H and O–H groups in total. The first-order valence-corrected chi connectivity index (χ1v) is 5.18. The molecule has 1 heterocycles. The van der Waals surface area contributed by atoms with E-state index in [2.05, 4.69) is 5.32 Å². The second kappa shape index (κ2) is 4.06. The van der Waals surface area contributed by atoms with Gasteiger partial charge in [0, 0.05) is 31.3 Å². The summed E-state index contributed by atoms with van der Waals surface area (Å²) in [7, 11) is 3.60. The van der Waals surface area contributed by atoms with Crippen molar-refractivity contribution in [1.29, 1.82) is 0 Å². The number of amides is 1. The minimum absolute atomic E-state index is 0.00546. The number of benzene rings is 1. The average Bonchev–Trinajstić information content (AvgIpc) is 2.54. The Bertz CT molecular complexity index is 454. The summed E-state index contributed by atoms with van der Waals surface area (Å²) in [6.45, 7) is 1.27. The molecule has 1 aromatic carbocycles. The summed E-state index contributed by atoms with van der Waals surface area (Å²) in [5, 5.41) is 3.01. The number of nitrogens with zero attached hydrogens (tertiary/aromatic N) is 1. The third-order valence-electron chi connectivity index (χ3n) is 2.84. The third kappa shape index (κ3) is 1.61. The number of rotatable bonds is 3. The van der Waals surface area contributed by atoms with Crippen molar-refractivity contribution in [3.05, 3.63) is 34.4 Å². The molecule has 1 aliphatic rings. The van der Waals surface area contributed by atoms with Gasteiger partial charge in [-0.25, -0.2) is 0 Å². The Balaban J connectivity index is 2.50. The van der Waals surface area contributed by atoms with E-state index in [1.165, 1.54) is 0 Å². The van der Waals surface area contributed by atoms with Gasteiger partial charge in [-0.05, 0) is 24.2 Å². The number of aldehydes is 1. The Labute approximate surface area is 94.2 Å². The molecule has 1 aliphatic heterocycles. The highest BCUT2D eigenvalue weighted by atomic mass is 16.2. The molecule has 2 rings (SSSR count). The Morgan fingerprint density at radius 2 is 2.25 bits per heavy atom. The van der Waals surface area contributed by atoms with E-state index in [4.69, 9.17) is 0 Å². The molecule has 1 amide bonds. The fourth-order valence-electron chi connectivity index (χ4n) is 2.03. The monoisotopic (exact) mass is 218 g/mol. The van der Waals surface area contributed by atoms with Crippen molar-refractivity contribution >= 4 is 12.2 Å². The lowest BCUT2D eigenvalue weighted by atomic mass is 10.0. The minimum atomic E-state index is -0.00546. The van der Waals surface area contributed by atoms with E-state index in [-0.39, 0.29) is 5.91 Å². The molecule has 0 spiro atoms. The van der Waals surface area contributed by atoms with Gasteiger partial charge in [0.15, 0.2) is 0 Å². The summed E-state index contributed by atoms with van der Waals surface area (Å²) in [6.07, 6.45) is 0.804. The Morgan fingerprint density at radius 1 is 1.50 bits per heavy atom.